The van der Waals surface area contributed by atoms with Gasteiger partial charge >= 0.3 is 36.2 Å². The second-order valence-corrected chi connectivity index (χ2v) is 10.9. The number of aliphatic carboxylic acids is 1. The molecule has 0 aliphatic heterocycles. The van der Waals surface area contributed by atoms with Gasteiger partial charge in [0.1, 0.15) is 18.1 Å². The first kappa shape index (κ1) is 32.2. The van der Waals surface area contributed by atoms with Gasteiger partial charge in [-0.3, -0.25) is 9.19 Å². The Morgan fingerprint density at radius 3 is 2.37 bits per heavy atom. The Hall–Kier alpha value is -3.31. The third-order valence-electron chi connectivity index (χ3n) is 5.34. The van der Waals surface area contributed by atoms with Crippen molar-refractivity contribution in [3.63, 3.8) is 0 Å². The van der Waals surface area contributed by atoms with Crippen LogP contribution in [-0.2, 0) is 31.4 Å². The van der Waals surface area contributed by atoms with E-state index >= 15 is 0 Å². The van der Waals surface area contributed by atoms with Crippen molar-refractivity contribution in [3.8, 4) is 23.0 Å². The number of carbonyl (C=O) groups excluding carboxylic acids is 1. The number of pyridine rings is 1. The molecule has 41 heavy (non-hydrogen) atoms. The topological polar surface area (TPSA) is 159 Å². The van der Waals surface area contributed by atoms with Gasteiger partial charge < -0.3 is 28.8 Å². The van der Waals surface area contributed by atoms with E-state index in [-0.39, 0.29) is 74.2 Å². The molecule has 0 spiro atoms. The number of hydrogen-bond acceptors (Lipinski definition) is 11. The molecule has 0 saturated heterocycles. The number of fused-ring (bicyclic) bond motifs is 1. The van der Waals surface area contributed by atoms with Crippen LogP contribution in [0.2, 0.25) is 0 Å². The van der Waals surface area contributed by atoms with Crippen molar-refractivity contribution in [2.75, 3.05) is 20.8 Å². The van der Waals surface area contributed by atoms with E-state index in [1.807, 2.05) is 0 Å². The summed E-state index contributed by atoms with van der Waals surface area (Å²) in [7, 11) is -3.96. The molecular weight excluding hydrogens is 599 g/mol. The Kier molecular flexibility index (Phi) is 10.7. The monoisotopic (exact) mass is 619 g/mol. The molecule has 4 rings (SSSR count). The number of nitrogens with zero attached hydrogens (tertiary/aromatic N) is 3. The molecule has 2 aromatic carbocycles. The van der Waals surface area contributed by atoms with E-state index in [4.69, 9.17) is 14.2 Å². The minimum Gasteiger partial charge on any atom is -0.546 e. The van der Waals surface area contributed by atoms with Gasteiger partial charge in [0.2, 0.25) is 5.16 Å². The summed E-state index contributed by atoms with van der Waals surface area (Å²) in [5.74, 6) is -1.62. The summed E-state index contributed by atoms with van der Waals surface area (Å²) in [5, 5.41) is 10.2. The van der Waals surface area contributed by atoms with Crippen LogP contribution in [0, 0.1) is 0 Å². The zero-order valence-corrected chi connectivity index (χ0v) is 25.4. The molecule has 212 valence electrons. The predicted molar refractivity (Wildman–Crippen MR) is 133 cm³/mol. The van der Waals surface area contributed by atoms with Crippen molar-refractivity contribution >= 4 is 37.8 Å². The molecule has 2 aromatic heterocycles. The van der Waals surface area contributed by atoms with Crippen LogP contribution < -0.4 is 53.6 Å². The van der Waals surface area contributed by atoms with Gasteiger partial charge in [0.15, 0.2) is 11.5 Å². The molecule has 12 nitrogen and oxygen atoms in total. The smallest absolute Gasteiger partial charge is 0.546 e. The summed E-state index contributed by atoms with van der Waals surface area (Å²) in [6.07, 6.45) is 1.39. The van der Waals surface area contributed by atoms with Crippen LogP contribution in [-0.4, -0.2) is 60.0 Å². The molecule has 1 atom stereocenters. The maximum atomic E-state index is 13.8. The Morgan fingerprint density at radius 2 is 1.76 bits per heavy atom. The van der Waals surface area contributed by atoms with Gasteiger partial charge in [-0.05, 0) is 36.4 Å². The van der Waals surface area contributed by atoms with Crippen LogP contribution in [0.15, 0.2) is 64.8 Å². The van der Waals surface area contributed by atoms with Crippen molar-refractivity contribution in [2.45, 2.75) is 22.4 Å². The third kappa shape index (κ3) is 7.13. The van der Waals surface area contributed by atoms with Crippen LogP contribution in [0.4, 0.5) is 8.78 Å². The van der Waals surface area contributed by atoms with Gasteiger partial charge in [0, 0.05) is 18.3 Å². The molecule has 4 aromatic rings. The molecule has 0 amide bonds. The van der Waals surface area contributed by atoms with Gasteiger partial charge in [-0.2, -0.15) is 8.78 Å². The summed E-state index contributed by atoms with van der Waals surface area (Å²) < 4.78 is 87.6. The number of carboxylic acid groups (broad SMARTS) is 1. The number of carboxylic acids is 1. The molecule has 0 radical (unpaired) electrons. The summed E-state index contributed by atoms with van der Waals surface area (Å²) in [6, 6.07) is 9.66. The molecule has 0 fully saturated rings. The van der Waals surface area contributed by atoms with Gasteiger partial charge in [-0.15, -0.1) is 0 Å². The van der Waals surface area contributed by atoms with Crippen LogP contribution in [0.25, 0.3) is 11.0 Å². The molecule has 0 aliphatic rings. The average Bonchev–Trinajstić information content (AvgIpc) is 3.31. The molecule has 17 heteroatoms. The van der Waals surface area contributed by atoms with Crippen molar-refractivity contribution in [2.24, 2.45) is 0 Å². The molecule has 0 aliphatic carbocycles. The van der Waals surface area contributed by atoms with Crippen LogP contribution in [0.3, 0.4) is 0 Å². The summed E-state index contributed by atoms with van der Waals surface area (Å²) >= 11 is 0. The SMILES string of the molecule is COc1ccnc(CS(=O)c2nc3ccc(OC(F)F)cc3n2S(=O)(=O)c2ccc(OCC(=O)[O-])cc2)c1OC.[Na+]. The third-order valence-corrected chi connectivity index (χ3v) is 8.39. The van der Waals surface area contributed by atoms with E-state index in [9.17, 15) is 31.3 Å². The average molecular weight is 620 g/mol. The second kappa shape index (κ2) is 13.6. The largest absolute Gasteiger partial charge is 1.00 e. The zero-order chi connectivity index (χ0) is 29.0. The Bertz CT molecular complexity index is 1680. The normalized spacial score (nSPS) is 12.0. The summed E-state index contributed by atoms with van der Waals surface area (Å²) in [5.41, 5.74) is 0.0460. The van der Waals surface area contributed by atoms with E-state index in [1.54, 1.807) is 0 Å². The summed E-state index contributed by atoms with van der Waals surface area (Å²) in [4.78, 5) is 18.7. The van der Waals surface area contributed by atoms with E-state index in [1.165, 1.54) is 50.7 Å². The molecule has 1 unspecified atom stereocenters. The van der Waals surface area contributed by atoms with Gasteiger partial charge in [0.05, 0.1) is 58.4 Å². The molecule has 2 heterocycles. The minimum atomic E-state index is -4.55. The van der Waals surface area contributed by atoms with Gasteiger partial charge in [-0.1, -0.05) is 0 Å². The first-order valence-electron chi connectivity index (χ1n) is 11.1. The van der Waals surface area contributed by atoms with E-state index < -0.39 is 45.2 Å². The number of ether oxygens (including phenoxy) is 4. The number of hydrogen-bond donors (Lipinski definition) is 0. The fraction of sp³-hybridized carbons (Fsp3) is 0.208. The minimum absolute atomic E-state index is 0. The van der Waals surface area contributed by atoms with Crippen molar-refractivity contribution in [1.29, 1.82) is 0 Å². The van der Waals surface area contributed by atoms with E-state index in [0.29, 0.717) is 9.72 Å². The predicted octanol–water partition coefficient (Wildman–Crippen LogP) is -1.27. The second-order valence-electron chi connectivity index (χ2n) is 7.81. The molecule has 0 bridgehead atoms. The maximum Gasteiger partial charge on any atom is 1.00 e. The van der Waals surface area contributed by atoms with Crippen LogP contribution in [0.5, 0.6) is 23.0 Å². The fourth-order valence-corrected chi connectivity index (χ4v) is 6.61. The number of rotatable bonds is 12. The Balaban J connectivity index is 0.00000462. The first-order chi connectivity index (χ1) is 19.0. The quantitative estimate of drug-likeness (QED) is 0.174. The van der Waals surface area contributed by atoms with Crippen molar-refractivity contribution in [3.05, 3.63) is 60.4 Å². The van der Waals surface area contributed by atoms with E-state index in [0.717, 1.165) is 18.2 Å². The fourth-order valence-electron chi connectivity index (χ4n) is 3.66. The number of benzene rings is 2. The molecule has 0 N–H and O–H groups in total. The number of halogens is 2. The summed E-state index contributed by atoms with van der Waals surface area (Å²) in [6.45, 7) is -3.94. The zero-order valence-electron chi connectivity index (χ0n) is 21.8. The number of imidazole rings is 1. The Labute approximate surface area is 257 Å². The van der Waals surface area contributed by atoms with Crippen LogP contribution >= 0.6 is 0 Å². The number of carbonyl (C=O) groups is 1. The van der Waals surface area contributed by atoms with Gasteiger partial charge in [0.25, 0.3) is 10.0 Å². The van der Waals surface area contributed by atoms with Gasteiger partial charge in [-0.25, -0.2) is 17.4 Å². The number of alkyl halides is 2. The van der Waals surface area contributed by atoms with Crippen LogP contribution in [0.1, 0.15) is 5.69 Å². The Morgan fingerprint density at radius 1 is 1.07 bits per heavy atom. The molecule has 0 saturated carbocycles. The first-order valence-corrected chi connectivity index (χ1v) is 13.9. The standard InChI is InChI=1S/C24H21F2N3O9S2.Na/c1-35-20-9-10-27-18(22(20)36-2)13-39(32)24-28-17-8-5-15(38-23(25)26)11-19(17)29(24)40(33,34)16-6-3-14(4-7-16)37-12-21(30)31;/h3-11,23H,12-13H2,1-2H3,(H,30,31);/q;+1/p-1. The number of aromatic nitrogens is 3. The maximum absolute atomic E-state index is 13.8. The van der Waals surface area contributed by atoms with Crippen molar-refractivity contribution < 1.29 is 79.8 Å². The van der Waals surface area contributed by atoms with Crippen molar-refractivity contribution in [1.82, 2.24) is 13.9 Å². The number of methoxy groups -OCH3 is 2. The molecular formula is C24H20F2N3NaO9S2. The van der Waals surface area contributed by atoms with E-state index in [2.05, 4.69) is 14.7 Å².